The second kappa shape index (κ2) is 6.42. The second-order valence-corrected chi connectivity index (χ2v) is 4.67. The van der Waals surface area contributed by atoms with Gasteiger partial charge in [-0.3, -0.25) is 0 Å². The first-order valence-corrected chi connectivity index (χ1v) is 6.38. The van der Waals surface area contributed by atoms with Crippen LogP contribution in [0, 0.1) is 0 Å². The van der Waals surface area contributed by atoms with Crippen molar-refractivity contribution in [2.24, 2.45) is 0 Å². The number of allylic oxidation sites excluding steroid dienone is 2. The van der Waals surface area contributed by atoms with Gasteiger partial charge >= 0.3 is 6.18 Å². The van der Waals surface area contributed by atoms with Crippen LogP contribution in [0.2, 0.25) is 0 Å². The van der Waals surface area contributed by atoms with Gasteiger partial charge in [-0.05, 0) is 24.0 Å². The maximum Gasteiger partial charge on any atom is 0.409 e. The zero-order valence-electron chi connectivity index (χ0n) is 10.9. The Morgan fingerprint density at radius 1 is 0.750 bits per heavy atom. The Balaban J connectivity index is 2.20. The average Bonchev–Trinajstić information content (AvgIpc) is 2.39. The minimum atomic E-state index is -4.28. The molecule has 104 valence electrons. The Hall–Kier alpha value is -2.03. The van der Waals surface area contributed by atoms with Crippen LogP contribution in [0.25, 0.3) is 0 Å². The molecule has 0 atom stereocenters. The largest absolute Gasteiger partial charge is 0.409 e. The number of benzene rings is 2. The number of alkyl halides is 3. The standard InChI is InChI=1S/C17H15F3/c18-17(19,20)13-16(11-14-7-3-1-4-8-14)12-15-9-5-2-6-10-15/h1-10,13H,11-12H2. The fourth-order valence-corrected chi connectivity index (χ4v) is 2.11. The van der Waals surface area contributed by atoms with Gasteiger partial charge in [0.1, 0.15) is 0 Å². The van der Waals surface area contributed by atoms with E-state index in [0.717, 1.165) is 11.1 Å². The van der Waals surface area contributed by atoms with Gasteiger partial charge in [0.25, 0.3) is 0 Å². The smallest absolute Gasteiger partial charge is 0.167 e. The Labute approximate surface area is 116 Å². The van der Waals surface area contributed by atoms with Gasteiger partial charge in [-0.25, -0.2) is 0 Å². The molecule has 3 heteroatoms. The maximum absolute atomic E-state index is 12.6. The normalized spacial score (nSPS) is 11.2. The lowest BCUT2D eigenvalue weighted by Gasteiger charge is -2.10. The molecule has 0 fully saturated rings. The third-order valence-corrected chi connectivity index (χ3v) is 2.92. The number of hydrogen-bond acceptors (Lipinski definition) is 0. The van der Waals surface area contributed by atoms with E-state index in [9.17, 15) is 13.2 Å². The summed E-state index contributed by atoms with van der Waals surface area (Å²) >= 11 is 0. The van der Waals surface area contributed by atoms with Crippen LogP contribution in [-0.4, -0.2) is 6.18 Å². The van der Waals surface area contributed by atoms with E-state index in [2.05, 4.69) is 0 Å². The van der Waals surface area contributed by atoms with E-state index in [1.165, 1.54) is 0 Å². The van der Waals surface area contributed by atoms with Gasteiger partial charge in [-0.1, -0.05) is 66.2 Å². The van der Waals surface area contributed by atoms with Gasteiger partial charge in [0, 0.05) is 6.08 Å². The van der Waals surface area contributed by atoms with Gasteiger partial charge in [-0.15, -0.1) is 0 Å². The predicted octanol–water partition coefficient (Wildman–Crippen LogP) is 4.96. The molecule has 0 radical (unpaired) electrons. The Kier molecular flexibility index (Phi) is 4.61. The number of halogens is 3. The van der Waals surface area contributed by atoms with E-state index < -0.39 is 6.18 Å². The first-order chi connectivity index (χ1) is 9.53. The fourth-order valence-electron chi connectivity index (χ4n) is 2.11. The van der Waals surface area contributed by atoms with E-state index in [0.29, 0.717) is 24.5 Å². The summed E-state index contributed by atoms with van der Waals surface area (Å²) in [6, 6.07) is 18.4. The maximum atomic E-state index is 12.6. The zero-order chi connectivity index (χ0) is 14.4. The monoisotopic (exact) mass is 276 g/mol. The number of rotatable bonds is 4. The highest BCUT2D eigenvalue weighted by Gasteiger charge is 2.24. The molecule has 20 heavy (non-hydrogen) atoms. The van der Waals surface area contributed by atoms with E-state index in [-0.39, 0.29) is 0 Å². The van der Waals surface area contributed by atoms with E-state index in [1.54, 1.807) is 0 Å². The van der Waals surface area contributed by atoms with E-state index in [1.807, 2.05) is 60.7 Å². The van der Waals surface area contributed by atoms with Gasteiger partial charge in [0.05, 0.1) is 0 Å². The van der Waals surface area contributed by atoms with Crippen molar-refractivity contribution in [1.82, 2.24) is 0 Å². The van der Waals surface area contributed by atoms with Gasteiger partial charge in [-0.2, -0.15) is 13.2 Å². The van der Waals surface area contributed by atoms with Crippen LogP contribution in [0.15, 0.2) is 72.3 Å². The predicted molar refractivity (Wildman–Crippen MR) is 74.4 cm³/mol. The SMILES string of the molecule is FC(F)(F)C=C(Cc1ccccc1)Cc1ccccc1. The van der Waals surface area contributed by atoms with Crippen LogP contribution >= 0.6 is 0 Å². The Morgan fingerprint density at radius 2 is 1.15 bits per heavy atom. The van der Waals surface area contributed by atoms with Crippen molar-refractivity contribution < 1.29 is 13.2 Å². The minimum absolute atomic E-state index is 0.315. The van der Waals surface area contributed by atoms with Gasteiger partial charge < -0.3 is 0 Å². The molecule has 0 bridgehead atoms. The van der Waals surface area contributed by atoms with Crippen molar-refractivity contribution in [3.8, 4) is 0 Å². The molecule has 0 aliphatic rings. The van der Waals surface area contributed by atoms with Crippen LogP contribution in [0.1, 0.15) is 11.1 Å². The molecule has 2 aromatic carbocycles. The van der Waals surface area contributed by atoms with Crippen LogP contribution < -0.4 is 0 Å². The molecule has 2 rings (SSSR count). The van der Waals surface area contributed by atoms with Crippen LogP contribution in [0.3, 0.4) is 0 Å². The first-order valence-electron chi connectivity index (χ1n) is 6.38. The van der Waals surface area contributed by atoms with Crippen LogP contribution in [0.4, 0.5) is 13.2 Å². The summed E-state index contributed by atoms with van der Waals surface area (Å²) in [6.45, 7) is 0. The lowest BCUT2D eigenvalue weighted by Crippen LogP contribution is -2.06. The van der Waals surface area contributed by atoms with E-state index in [4.69, 9.17) is 0 Å². The van der Waals surface area contributed by atoms with Crippen LogP contribution in [0.5, 0.6) is 0 Å². The molecule has 0 aromatic heterocycles. The second-order valence-electron chi connectivity index (χ2n) is 4.67. The molecule has 0 aliphatic carbocycles. The Bertz CT molecular complexity index is 510. The third-order valence-electron chi connectivity index (χ3n) is 2.92. The summed E-state index contributed by atoms with van der Waals surface area (Å²) in [4.78, 5) is 0. The molecule has 0 saturated heterocycles. The highest BCUT2D eigenvalue weighted by molar-refractivity contribution is 5.28. The average molecular weight is 276 g/mol. The molecule has 2 aromatic rings. The highest BCUT2D eigenvalue weighted by atomic mass is 19.4. The van der Waals surface area contributed by atoms with E-state index >= 15 is 0 Å². The van der Waals surface area contributed by atoms with Crippen molar-refractivity contribution in [3.05, 3.63) is 83.4 Å². The van der Waals surface area contributed by atoms with Crippen molar-refractivity contribution in [1.29, 1.82) is 0 Å². The lowest BCUT2D eigenvalue weighted by molar-refractivity contribution is -0.0806. The zero-order valence-corrected chi connectivity index (χ0v) is 10.9. The molecule has 0 unspecified atom stereocenters. The molecule has 0 N–H and O–H groups in total. The van der Waals surface area contributed by atoms with Crippen molar-refractivity contribution in [2.45, 2.75) is 19.0 Å². The quantitative estimate of drug-likeness (QED) is 0.692. The van der Waals surface area contributed by atoms with Crippen molar-refractivity contribution in [3.63, 3.8) is 0 Å². The lowest BCUT2D eigenvalue weighted by atomic mass is 9.98. The van der Waals surface area contributed by atoms with Gasteiger partial charge in [0.15, 0.2) is 0 Å². The van der Waals surface area contributed by atoms with Gasteiger partial charge in [0.2, 0.25) is 0 Å². The topological polar surface area (TPSA) is 0 Å². The molecule has 0 saturated carbocycles. The minimum Gasteiger partial charge on any atom is -0.167 e. The highest BCUT2D eigenvalue weighted by Crippen LogP contribution is 2.23. The van der Waals surface area contributed by atoms with Crippen molar-refractivity contribution in [2.75, 3.05) is 0 Å². The summed E-state index contributed by atoms with van der Waals surface area (Å²) in [5.74, 6) is 0. The van der Waals surface area contributed by atoms with Crippen molar-refractivity contribution >= 4 is 0 Å². The third kappa shape index (κ3) is 4.92. The number of hydrogen-bond donors (Lipinski definition) is 0. The molecule has 0 spiro atoms. The molecular formula is C17H15F3. The molecular weight excluding hydrogens is 261 g/mol. The molecule has 0 heterocycles. The Morgan fingerprint density at radius 3 is 1.50 bits per heavy atom. The molecule has 0 aliphatic heterocycles. The summed E-state index contributed by atoms with van der Waals surface area (Å²) in [6.07, 6.45) is -3.23. The summed E-state index contributed by atoms with van der Waals surface area (Å²) in [7, 11) is 0. The molecule has 0 nitrogen and oxygen atoms in total. The summed E-state index contributed by atoms with van der Waals surface area (Å²) in [5.41, 5.74) is 2.15. The first kappa shape index (κ1) is 14.4. The summed E-state index contributed by atoms with van der Waals surface area (Å²) in [5, 5.41) is 0. The molecule has 0 amide bonds. The van der Waals surface area contributed by atoms with Crippen LogP contribution in [-0.2, 0) is 12.8 Å². The fraction of sp³-hybridized carbons (Fsp3) is 0.176. The summed E-state index contributed by atoms with van der Waals surface area (Å²) < 4.78 is 37.9.